The molecule has 0 aromatic heterocycles. The Hall–Kier alpha value is -2.01. The Kier molecular flexibility index (Phi) is 3.08. The van der Waals surface area contributed by atoms with Crippen molar-refractivity contribution in [3.8, 4) is 6.07 Å². The van der Waals surface area contributed by atoms with Crippen molar-refractivity contribution in [2.45, 2.75) is 17.8 Å². The van der Waals surface area contributed by atoms with Crippen LogP contribution in [0.1, 0.15) is 17.5 Å². The average molecular weight is 354 g/mol. The van der Waals surface area contributed by atoms with E-state index in [1.54, 1.807) is 0 Å². The van der Waals surface area contributed by atoms with E-state index in [1.165, 1.54) is 12.1 Å². The van der Waals surface area contributed by atoms with Gasteiger partial charge in [-0.15, -0.1) is 0 Å². The normalized spacial score (nSPS) is 32.8. The van der Waals surface area contributed by atoms with Crippen LogP contribution in [-0.4, -0.2) is 20.2 Å². The Morgan fingerprint density at radius 3 is 2.54 bits per heavy atom. The summed E-state index contributed by atoms with van der Waals surface area (Å²) >= 11 is 0. The molecule has 2 fully saturated rings. The second-order valence-electron chi connectivity index (χ2n) is 6.49. The number of fused-ring (bicyclic) bond motifs is 5. The molecular formula is C16H13F3N2O2S. The standard InChI is InChI=1S/C16H13F3N2O2S/c17-16(18,19)14-6-12(4-3-11(14)7-20)21-8-13-9-1-2-10(5-9)15(13)24(21,22)23/h1-4,6,9-10,13,15H,5,8H2/t9-,10-,13+,15-/m0/s1. The van der Waals surface area contributed by atoms with Crippen molar-refractivity contribution in [3.63, 3.8) is 0 Å². The Labute approximate surface area is 137 Å². The molecule has 8 heteroatoms. The van der Waals surface area contributed by atoms with Crippen molar-refractivity contribution < 1.29 is 21.6 Å². The van der Waals surface area contributed by atoms with Gasteiger partial charge in [0.05, 0.1) is 28.1 Å². The number of alkyl halides is 3. The summed E-state index contributed by atoms with van der Waals surface area (Å²) in [6.45, 7) is 0.196. The number of nitrogens with zero attached hydrogens (tertiary/aromatic N) is 2. The molecule has 4 rings (SSSR count). The molecule has 1 aliphatic heterocycles. The number of nitriles is 1. The fourth-order valence-electron chi connectivity index (χ4n) is 4.27. The second kappa shape index (κ2) is 4.76. The van der Waals surface area contributed by atoms with Crippen molar-refractivity contribution in [2.24, 2.45) is 17.8 Å². The lowest BCUT2D eigenvalue weighted by Crippen LogP contribution is -2.32. The maximum Gasteiger partial charge on any atom is 0.417 e. The molecule has 2 aliphatic carbocycles. The first-order valence-corrected chi connectivity index (χ1v) is 9.05. The minimum Gasteiger partial charge on any atom is -0.270 e. The minimum atomic E-state index is -4.71. The molecule has 1 heterocycles. The lowest BCUT2D eigenvalue weighted by Gasteiger charge is -2.22. The van der Waals surface area contributed by atoms with Gasteiger partial charge in [0.25, 0.3) is 0 Å². The maximum atomic E-state index is 13.1. The van der Waals surface area contributed by atoms with Gasteiger partial charge in [0.1, 0.15) is 0 Å². The number of halogens is 3. The van der Waals surface area contributed by atoms with Crippen LogP contribution in [0.15, 0.2) is 30.4 Å². The maximum absolute atomic E-state index is 13.1. The van der Waals surface area contributed by atoms with E-state index in [-0.39, 0.29) is 30.0 Å². The van der Waals surface area contributed by atoms with E-state index in [4.69, 9.17) is 5.26 Å². The molecule has 1 aromatic rings. The molecule has 4 nitrogen and oxygen atoms in total. The zero-order chi connectivity index (χ0) is 17.3. The monoisotopic (exact) mass is 354 g/mol. The zero-order valence-corrected chi connectivity index (χ0v) is 13.2. The summed E-state index contributed by atoms with van der Waals surface area (Å²) in [6, 6.07) is 4.59. The van der Waals surface area contributed by atoms with Crippen LogP contribution in [0.4, 0.5) is 18.9 Å². The van der Waals surface area contributed by atoms with E-state index in [0.29, 0.717) is 0 Å². The molecule has 1 aromatic carbocycles. The van der Waals surface area contributed by atoms with Gasteiger partial charge in [-0.2, -0.15) is 18.4 Å². The van der Waals surface area contributed by atoms with Gasteiger partial charge < -0.3 is 0 Å². The van der Waals surface area contributed by atoms with Crippen LogP contribution in [-0.2, 0) is 16.2 Å². The third-order valence-corrected chi connectivity index (χ3v) is 7.65. The number of sulfonamides is 1. The second-order valence-corrected chi connectivity index (χ2v) is 8.51. The molecule has 0 radical (unpaired) electrons. The number of allylic oxidation sites excluding steroid dienone is 2. The van der Waals surface area contributed by atoms with Crippen molar-refractivity contribution in [2.75, 3.05) is 10.8 Å². The van der Waals surface area contributed by atoms with Crippen LogP contribution in [0.5, 0.6) is 0 Å². The van der Waals surface area contributed by atoms with Gasteiger partial charge in [-0.1, -0.05) is 12.2 Å². The first-order valence-electron chi connectivity index (χ1n) is 7.54. The van der Waals surface area contributed by atoms with E-state index in [9.17, 15) is 21.6 Å². The van der Waals surface area contributed by atoms with E-state index < -0.39 is 32.6 Å². The quantitative estimate of drug-likeness (QED) is 0.729. The number of hydrogen-bond donors (Lipinski definition) is 0. The fraction of sp³-hybridized carbons (Fsp3) is 0.438. The molecule has 0 N–H and O–H groups in total. The smallest absolute Gasteiger partial charge is 0.270 e. The van der Waals surface area contributed by atoms with Gasteiger partial charge in [-0.3, -0.25) is 4.31 Å². The van der Waals surface area contributed by atoms with Crippen molar-refractivity contribution in [3.05, 3.63) is 41.5 Å². The number of benzene rings is 1. The largest absolute Gasteiger partial charge is 0.417 e. The average Bonchev–Trinajstić information content (AvgIpc) is 3.18. The van der Waals surface area contributed by atoms with Crippen LogP contribution in [0, 0.1) is 29.1 Å². The molecule has 24 heavy (non-hydrogen) atoms. The first-order chi connectivity index (χ1) is 11.2. The van der Waals surface area contributed by atoms with E-state index in [2.05, 4.69) is 0 Å². The van der Waals surface area contributed by atoms with E-state index in [1.807, 2.05) is 12.2 Å². The van der Waals surface area contributed by atoms with Crippen LogP contribution in [0.2, 0.25) is 0 Å². The van der Waals surface area contributed by atoms with E-state index in [0.717, 1.165) is 22.9 Å². The first kappa shape index (κ1) is 15.5. The lowest BCUT2D eigenvalue weighted by atomic mass is 9.93. The molecule has 2 bridgehead atoms. The number of hydrogen-bond acceptors (Lipinski definition) is 3. The predicted molar refractivity (Wildman–Crippen MR) is 80.4 cm³/mol. The molecule has 0 amide bonds. The Morgan fingerprint density at radius 1 is 1.21 bits per heavy atom. The molecule has 0 spiro atoms. The van der Waals surface area contributed by atoms with Gasteiger partial charge in [0.2, 0.25) is 10.0 Å². The Balaban J connectivity index is 1.77. The molecule has 1 saturated heterocycles. The molecule has 3 aliphatic rings. The van der Waals surface area contributed by atoms with Gasteiger partial charge in [0.15, 0.2) is 0 Å². The zero-order valence-electron chi connectivity index (χ0n) is 12.4. The minimum absolute atomic E-state index is 0.0184. The van der Waals surface area contributed by atoms with Crippen LogP contribution < -0.4 is 4.31 Å². The van der Waals surface area contributed by atoms with Gasteiger partial charge >= 0.3 is 6.18 Å². The van der Waals surface area contributed by atoms with Crippen molar-refractivity contribution in [1.82, 2.24) is 0 Å². The third kappa shape index (κ3) is 2.00. The SMILES string of the molecule is N#Cc1ccc(N2C[C@H]3[C@H]([C@H]4C=C[C@H]3C4)S2(=O)=O)cc1C(F)(F)F. The highest BCUT2D eigenvalue weighted by Gasteiger charge is 2.58. The highest BCUT2D eigenvalue weighted by atomic mass is 32.2. The Bertz CT molecular complexity index is 886. The summed E-state index contributed by atoms with van der Waals surface area (Å²) in [5, 5.41) is 8.32. The van der Waals surface area contributed by atoms with Crippen LogP contribution in [0.3, 0.4) is 0 Å². The van der Waals surface area contributed by atoms with Crippen molar-refractivity contribution in [1.29, 1.82) is 5.26 Å². The summed E-state index contributed by atoms with van der Waals surface area (Å²) in [5.41, 5.74) is -1.63. The predicted octanol–water partition coefficient (Wildman–Crippen LogP) is 2.92. The molecule has 126 valence electrons. The fourth-order valence-corrected chi connectivity index (χ4v) is 6.73. The highest BCUT2D eigenvalue weighted by molar-refractivity contribution is 7.93. The summed E-state index contributed by atoms with van der Waals surface area (Å²) in [4.78, 5) is 0. The molecular weight excluding hydrogens is 341 g/mol. The summed E-state index contributed by atoms with van der Waals surface area (Å²) in [6.07, 6.45) is 0.0299. The molecule has 4 atom stereocenters. The van der Waals surface area contributed by atoms with E-state index >= 15 is 0 Å². The Morgan fingerprint density at radius 2 is 1.92 bits per heavy atom. The number of rotatable bonds is 1. The lowest BCUT2D eigenvalue weighted by molar-refractivity contribution is -0.137. The highest BCUT2D eigenvalue weighted by Crippen LogP contribution is 2.52. The summed E-state index contributed by atoms with van der Waals surface area (Å²) in [5.74, 6) is 0.0608. The van der Waals surface area contributed by atoms with Gasteiger partial charge in [-0.25, -0.2) is 8.42 Å². The van der Waals surface area contributed by atoms with Crippen LogP contribution in [0.25, 0.3) is 0 Å². The number of anilines is 1. The molecule has 1 saturated carbocycles. The van der Waals surface area contributed by atoms with Gasteiger partial charge in [0, 0.05) is 12.5 Å². The summed E-state index contributed by atoms with van der Waals surface area (Å²) in [7, 11) is -3.70. The molecule has 0 unspecified atom stereocenters. The van der Waals surface area contributed by atoms with Gasteiger partial charge in [-0.05, 0) is 36.5 Å². The topological polar surface area (TPSA) is 61.2 Å². The van der Waals surface area contributed by atoms with Crippen molar-refractivity contribution >= 4 is 15.7 Å². The summed E-state index contributed by atoms with van der Waals surface area (Å²) < 4.78 is 66.1. The third-order valence-electron chi connectivity index (χ3n) is 5.29. The van der Waals surface area contributed by atoms with Crippen LogP contribution >= 0.6 is 0 Å².